The molecule has 24 heavy (non-hydrogen) atoms. The molecule has 1 aromatic carbocycles. The minimum absolute atomic E-state index is 0.0357. The van der Waals surface area contributed by atoms with E-state index in [1.165, 1.54) is 4.90 Å². The van der Waals surface area contributed by atoms with E-state index in [2.05, 4.69) is 4.90 Å². The van der Waals surface area contributed by atoms with Crippen LogP contribution in [-0.4, -0.2) is 61.2 Å². The highest BCUT2D eigenvalue weighted by atomic mass is 16.3. The second-order valence-corrected chi connectivity index (χ2v) is 6.58. The minimum Gasteiger partial charge on any atom is -0.383 e. The van der Waals surface area contributed by atoms with Gasteiger partial charge in [0.1, 0.15) is 12.6 Å². The van der Waals surface area contributed by atoms with Gasteiger partial charge in [0.25, 0.3) is 5.91 Å². The summed E-state index contributed by atoms with van der Waals surface area (Å²) in [5.41, 5.74) is 1.93. The molecule has 1 N–H and O–H groups in total. The minimum atomic E-state index is -0.970. The summed E-state index contributed by atoms with van der Waals surface area (Å²) in [5.74, 6) is -0.402. The number of para-hydroxylation sites is 2. The largest absolute Gasteiger partial charge is 0.383 e. The molecule has 0 aromatic heterocycles. The van der Waals surface area contributed by atoms with E-state index in [0.717, 1.165) is 37.2 Å². The van der Waals surface area contributed by atoms with E-state index in [9.17, 15) is 14.7 Å². The Morgan fingerprint density at radius 2 is 1.88 bits per heavy atom. The number of rotatable bonds is 2. The summed E-state index contributed by atoms with van der Waals surface area (Å²) < 4.78 is 0. The summed E-state index contributed by atoms with van der Waals surface area (Å²) in [6.45, 7) is 2.11. The van der Waals surface area contributed by atoms with Crippen LogP contribution in [-0.2, 0) is 9.59 Å². The molecule has 6 nitrogen and oxygen atoms in total. The van der Waals surface area contributed by atoms with Crippen LogP contribution in [0.1, 0.15) is 25.7 Å². The van der Waals surface area contributed by atoms with Gasteiger partial charge in [-0.2, -0.15) is 0 Å². The quantitative estimate of drug-likeness (QED) is 0.885. The highest BCUT2D eigenvalue weighted by molar-refractivity contribution is 6.00. The molecule has 0 saturated carbocycles. The fourth-order valence-corrected chi connectivity index (χ4v) is 3.47. The second-order valence-electron chi connectivity index (χ2n) is 6.58. The van der Waals surface area contributed by atoms with Crippen molar-refractivity contribution in [2.24, 2.45) is 0 Å². The van der Waals surface area contributed by atoms with Crippen molar-refractivity contribution in [3.05, 3.63) is 24.3 Å². The molecule has 1 unspecified atom stereocenters. The molecule has 0 radical (unpaired) electrons. The number of benzene rings is 1. The van der Waals surface area contributed by atoms with E-state index in [0.29, 0.717) is 19.5 Å². The van der Waals surface area contributed by atoms with E-state index in [1.54, 1.807) is 4.90 Å². The zero-order valence-electron chi connectivity index (χ0n) is 14.1. The Balaban J connectivity index is 1.79. The zero-order chi connectivity index (χ0) is 17.1. The molecule has 2 amide bonds. The third kappa shape index (κ3) is 3.38. The number of hydrogen-bond acceptors (Lipinski definition) is 4. The van der Waals surface area contributed by atoms with Gasteiger partial charge in [0.2, 0.25) is 5.91 Å². The van der Waals surface area contributed by atoms with Gasteiger partial charge in [0, 0.05) is 26.7 Å². The van der Waals surface area contributed by atoms with Gasteiger partial charge in [-0.1, -0.05) is 12.1 Å². The summed E-state index contributed by atoms with van der Waals surface area (Å²) in [4.78, 5) is 30.6. The van der Waals surface area contributed by atoms with Gasteiger partial charge < -0.3 is 19.8 Å². The predicted octanol–water partition coefficient (Wildman–Crippen LogP) is 1.23. The fraction of sp³-hybridized carbons (Fsp3) is 0.556. The van der Waals surface area contributed by atoms with Crippen molar-refractivity contribution >= 4 is 23.2 Å². The van der Waals surface area contributed by atoms with Gasteiger partial charge in [-0.3, -0.25) is 9.59 Å². The maximum absolute atomic E-state index is 12.9. The predicted molar refractivity (Wildman–Crippen MR) is 93.1 cm³/mol. The maximum atomic E-state index is 12.9. The van der Waals surface area contributed by atoms with Crippen LogP contribution in [0.4, 0.5) is 11.4 Å². The second kappa shape index (κ2) is 7.21. The first kappa shape index (κ1) is 16.8. The number of hydrogen-bond donors (Lipinski definition) is 1. The van der Waals surface area contributed by atoms with Crippen molar-refractivity contribution in [3.8, 4) is 0 Å². The smallest absolute Gasteiger partial charge is 0.251 e. The molecule has 1 atom stereocenters. The van der Waals surface area contributed by atoms with Crippen LogP contribution in [0.3, 0.4) is 0 Å². The summed E-state index contributed by atoms with van der Waals surface area (Å²) in [6, 6.07) is 7.87. The molecule has 3 rings (SSSR count). The van der Waals surface area contributed by atoms with Crippen LogP contribution >= 0.6 is 0 Å². The third-order valence-corrected chi connectivity index (χ3v) is 4.84. The Hall–Kier alpha value is -2.08. The normalized spacial score (nSPS) is 22.0. The Morgan fingerprint density at radius 3 is 2.67 bits per heavy atom. The number of amides is 2. The van der Waals surface area contributed by atoms with Gasteiger partial charge in [0.15, 0.2) is 0 Å². The highest BCUT2D eigenvalue weighted by Crippen LogP contribution is 2.31. The number of nitrogens with zero attached hydrogens (tertiary/aromatic N) is 3. The van der Waals surface area contributed by atoms with Crippen LogP contribution in [0, 0.1) is 0 Å². The van der Waals surface area contributed by atoms with Crippen LogP contribution in [0.25, 0.3) is 0 Å². The van der Waals surface area contributed by atoms with Gasteiger partial charge >= 0.3 is 0 Å². The van der Waals surface area contributed by atoms with Gasteiger partial charge in [-0.25, -0.2) is 0 Å². The molecule has 130 valence electrons. The molecular weight excluding hydrogens is 306 g/mol. The average molecular weight is 331 g/mol. The molecular formula is C18H25N3O3. The van der Waals surface area contributed by atoms with Crippen molar-refractivity contribution in [2.45, 2.75) is 31.8 Å². The van der Waals surface area contributed by atoms with Gasteiger partial charge in [-0.05, 0) is 37.8 Å². The Labute approximate surface area is 142 Å². The first-order valence-electron chi connectivity index (χ1n) is 8.65. The maximum Gasteiger partial charge on any atom is 0.251 e. The summed E-state index contributed by atoms with van der Waals surface area (Å²) in [6.07, 6.45) is 2.04. The van der Waals surface area contributed by atoms with E-state index in [-0.39, 0.29) is 18.4 Å². The number of carbonyl (C=O) groups excluding carboxylic acids is 2. The summed E-state index contributed by atoms with van der Waals surface area (Å²) in [5, 5.41) is 9.87. The monoisotopic (exact) mass is 331 g/mol. The summed E-state index contributed by atoms with van der Waals surface area (Å²) in [7, 11) is 2.03. The van der Waals surface area contributed by atoms with Crippen LogP contribution in [0.2, 0.25) is 0 Å². The highest BCUT2D eigenvalue weighted by Gasteiger charge is 2.29. The molecule has 1 saturated heterocycles. The van der Waals surface area contributed by atoms with E-state index in [4.69, 9.17) is 0 Å². The molecule has 2 heterocycles. The van der Waals surface area contributed by atoms with Crippen molar-refractivity contribution < 1.29 is 14.7 Å². The molecule has 1 aromatic rings. The van der Waals surface area contributed by atoms with E-state index >= 15 is 0 Å². The van der Waals surface area contributed by atoms with Crippen molar-refractivity contribution in [2.75, 3.05) is 43.0 Å². The molecule has 6 heteroatoms. The number of likely N-dealkylation sites (tertiary alicyclic amines) is 1. The van der Waals surface area contributed by atoms with Gasteiger partial charge in [0.05, 0.1) is 11.4 Å². The lowest BCUT2D eigenvalue weighted by Crippen LogP contribution is -2.46. The van der Waals surface area contributed by atoms with Crippen LogP contribution in [0.15, 0.2) is 24.3 Å². The molecule has 1 fully saturated rings. The number of carbonyl (C=O) groups is 2. The molecule has 0 bridgehead atoms. The molecule has 2 aliphatic heterocycles. The first-order chi connectivity index (χ1) is 11.6. The van der Waals surface area contributed by atoms with Crippen molar-refractivity contribution in [3.63, 3.8) is 0 Å². The lowest BCUT2D eigenvalue weighted by Gasteiger charge is -2.28. The first-order valence-corrected chi connectivity index (χ1v) is 8.65. The van der Waals surface area contributed by atoms with Crippen molar-refractivity contribution in [1.29, 1.82) is 0 Å². The SMILES string of the molecule is CN1CCCN(C(=O)CN2CCCCC(O)C2=O)c2ccccc21. The summed E-state index contributed by atoms with van der Waals surface area (Å²) >= 11 is 0. The number of aliphatic hydroxyl groups is 1. The van der Waals surface area contributed by atoms with Crippen LogP contribution in [0.5, 0.6) is 0 Å². The van der Waals surface area contributed by atoms with Gasteiger partial charge in [-0.15, -0.1) is 0 Å². The fourth-order valence-electron chi connectivity index (χ4n) is 3.47. The Bertz CT molecular complexity index is 619. The lowest BCUT2D eigenvalue weighted by molar-refractivity contribution is -0.142. The van der Waals surface area contributed by atoms with E-state index < -0.39 is 6.10 Å². The third-order valence-electron chi connectivity index (χ3n) is 4.84. The molecule has 0 spiro atoms. The number of fused-ring (bicyclic) bond motifs is 1. The van der Waals surface area contributed by atoms with Crippen LogP contribution < -0.4 is 9.80 Å². The average Bonchev–Trinajstić information content (AvgIpc) is 2.85. The molecule has 2 aliphatic rings. The van der Waals surface area contributed by atoms with Crippen molar-refractivity contribution in [1.82, 2.24) is 4.90 Å². The van der Waals surface area contributed by atoms with E-state index in [1.807, 2.05) is 31.3 Å². The standard InChI is InChI=1S/C18H25N3O3/c1-19-10-6-12-21(15-8-3-2-7-14(15)19)17(23)13-20-11-5-4-9-16(22)18(20)24/h2-3,7-8,16,22H,4-6,9-13H2,1H3. The Morgan fingerprint density at radius 1 is 1.12 bits per heavy atom. The number of aliphatic hydroxyl groups excluding tert-OH is 1. The lowest BCUT2D eigenvalue weighted by atomic mass is 10.2. The molecule has 0 aliphatic carbocycles. The Kier molecular flexibility index (Phi) is 5.04. The zero-order valence-corrected chi connectivity index (χ0v) is 14.1. The number of anilines is 2. The topological polar surface area (TPSA) is 64.1 Å².